The van der Waals surface area contributed by atoms with Crippen LogP contribution in [0.15, 0.2) is 17.2 Å². The number of nitrogens with two attached hydrogens (primary N) is 1. The van der Waals surface area contributed by atoms with Crippen molar-refractivity contribution >= 4 is 26.7 Å². The number of rotatable bonds is 7. The van der Waals surface area contributed by atoms with Crippen LogP contribution in [0.5, 0.6) is 0 Å². The van der Waals surface area contributed by atoms with Crippen LogP contribution in [0.25, 0.3) is 0 Å². The minimum absolute atomic E-state index is 0.0586. The summed E-state index contributed by atoms with van der Waals surface area (Å²) in [7, 11) is -4.78. The molecule has 0 bridgehead atoms. The minimum Gasteiger partial charge on any atom is -0.350 e. The predicted octanol–water partition coefficient (Wildman–Crippen LogP) is -0.0312. The molecule has 1 unspecified atom stereocenters. The maximum atomic E-state index is 12.1. The third-order valence-electron chi connectivity index (χ3n) is 3.26. The Labute approximate surface area is 126 Å². The van der Waals surface area contributed by atoms with Gasteiger partial charge >= 0.3 is 0 Å². The van der Waals surface area contributed by atoms with Gasteiger partial charge in [-0.05, 0) is 18.9 Å². The third-order valence-corrected chi connectivity index (χ3v) is 5.45. The number of hydrogen-bond donors (Lipinski definition) is 2. The molecule has 1 amide bonds. The van der Waals surface area contributed by atoms with Crippen LogP contribution < -0.4 is 10.5 Å². The zero-order valence-corrected chi connectivity index (χ0v) is 13.4. The van der Waals surface area contributed by atoms with Gasteiger partial charge in [0.25, 0.3) is 5.91 Å². The highest BCUT2D eigenvalue weighted by molar-refractivity contribution is 7.89. The molecular formula is C12H19N3O4S2. The van der Waals surface area contributed by atoms with Crippen molar-refractivity contribution in [2.45, 2.75) is 30.7 Å². The van der Waals surface area contributed by atoms with Gasteiger partial charge in [0.05, 0.1) is 0 Å². The monoisotopic (exact) mass is 333 g/mol. The summed E-state index contributed by atoms with van der Waals surface area (Å²) in [5.41, 5.74) is 0.281. The standard InChI is InChI=1S/C12H19N3O4S2/c1-2-20(17)6-5-14-12(16)11-7-10(21(13,18)19)8-15(11)9-3-4-9/h7-9H,2-6H2,1H3,(H,14,16)(H2,13,18,19). The van der Waals surface area contributed by atoms with Crippen molar-refractivity contribution in [2.75, 3.05) is 18.1 Å². The molecule has 3 N–H and O–H groups in total. The van der Waals surface area contributed by atoms with Gasteiger partial charge in [-0.15, -0.1) is 0 Å². The molecule has 0 aromatic carbocycles. The maximum absolute atomic E-state index is 12.1. The van der Waals surface area contributed by atoms with Crippen molar-refractivity contribution in [1.29, 1.82) is 0 Å². The summed E-state index contributed by atoms with van der Waals surface area (Å²) >= 11 is 0. The van der Waals surface area contributed by atoms with Gasteiger partial charge in [0.15, 0.2) is 0 Å². The van der Waals surface area contributed by atoms with Crippen molar-refractivity contribution < 1.29 is 17.4 Å². The molecule has 2 rings (SSSR count). The molecule has 7 nitrogen and oxygen atoms in total. The van der Waals surface area contributed by atoms with Crippen molar-refractivity contribution in [3.05, 3.63) is 18.0 Å². The maximum Gasteiger partial charge on any atom is 0.267 e. The summed E-state index contributed by atoms with van der Waals surface area (Å²) in [6.07, 6.45) is 3.24. The molecule has 1 aromatic rings. The van der Waals surface area contributed by atoms with Crippen LogP contribution in [0.3, 0.4) is 0 Å². The second-order valence-electron chi connectivity index (χ2n) is 4.93. The van der Waals surface area contributed by atoms with Crippen molar-refractivity contribution in [2.24, 2.45) is 5.14 Å². The number of amides is 1. The highest BCUT2D eigenvalue weighted by Gasteiger charge is 2.29. The lowest BCUT2D eigenvalue weighted by molar-refractivity contribution is 0.0946. The van der Waals surface area contributed by atoms with Crippen LogP contribution in [0.2, 0.25) is 0 Å². The van der Waals surface area contributed by atoms with Gasteiger partial charge in [-0.3, -0.25) is 9.00 Å². The van der Waals surface area contributed by atoms with Crippen LogP contribution in [-0.4, -0.2) is 41.2 Å². The van der Waals surface area contributed by atoms with Crippen molar-refractivity contribution in [3.63, 3.8) is 0 Å². The molecule has 1 aliphatic carbocycles. The van der Waals surface area contributed by atoms with Gasteiger partial charge in [-0.2, -0.15) is 0 Å². The van der Waals surface area contributed by atoms with E-state index in [1.807, 2.05) is 6.92 Å². The van der Waals surface area contributed by atoms with Gasteiger partial charge in [-0.25, -0.2) is 13.6 Å². The van der Waals surface area contributed by atoms with Gasteiger partial charge < -0.3 is 9.88 Å². The summed E-state index contributed by atoms with van der Waals surface area (Å²) in [5.74, 6) is 0.558. The summed E-state index contributed by atoms with van der Waals surface area (Å²) in [5, 5.41) is 7.77. The van der Waals surface area contributed by atoms with Crippen LogP contribution in [-0.2, 0) is 20.8 Å². The van der Waals surface area contributed by atoms with E-state index in [9.17, 15) is 17.4 Å². The van der Waals surface area contributed by atoms with E-state index in [2.05, 4.69) is 5.32 Å². The van der Waals surface area contributed by atoms with Crippen molar-refractivity contribution in [3.8, 4) is 0 Å². The molecule has 118 valence electrons. The molecule has 0 aliphatic heterocycles. The average Bonchev–Trinajstić information content (AvgIpc) is 3.15. The highest BCUT2D eigenvalue weighted by atomic mass is 32.2. The van der Waals surface area contributed by atoms with E-state index in [-0.39, 0.29) is 22.5 Å². The van der Waals surface area contributed by atoms with E-state index in [1.54, 1.807) is 4.57 Å². The second kappa shape index (κ2) is 6.29. The first-order valence-corrected chi connectivity index (χ1v) is 9.74. The first kappa shape index (κ1) is 16.2. The Morgan fingerprint density at radius 3 is 2.71 bits per heavy atom. The van der Waals surface area contributed by atoms with Crippen LogP contribution >= 0.6 is 0 Å². The molecule has 0 radical (unpaired) electrons. The van der Waals surface area contributed by atoms with Gasteiger partial charge in [-0.1, -0.05) is 6.92 Å². The Hall–Kier alpha value is -1.19. The smallest absolute Gasteiger partial charge is 0.267 e. The summed E-state index contributed by atoms with van der Waals surface area (Å²) < 4.78 is 35.8. The number of nitrogens with one attached hydrogen (secondary N) is 1. The largest absolute Gasteiger partial charge is 0.350 e. The fourth-order valence-electron chi connectivity index (χ4n) is 1.96. The first-order valence-electron chi connectivity index (χ1n) is 6.70. The Balaban J connectivity index is 2.12. The van der Waals surface area contributed by atoms with Gasteiger partial charge in [0.1, 0.15) is 10.6 Å². The highest BCUT2D eigenvalue weighted by Crippen LogP contribution is 2.37. The number of carbonyl (C=O) groups is 1. The minimum atomic E-state index is -3.83. The molecule has 1 aromatic heterocycles. The van der Waals surface area contributed by atoms with Crippen LogP contribution in [0, 0.1) is 0 Å². The summed E-state index contributed by atoms with van der Waals surface area (Å²) in [6, 6.07) is 1.45. The van der Waals surface area contributed by atoms with E-state index >= 15 is 0 Å². The second-order valence-corrected chi connectivity index (χ2v) is 8.36. The van der Waals surface area contributed by atoms with E-state index in [0.717, 1.165) is 12.8 Å². The van der Waals surface area contributed by atoms with E-state index in [0.29, 0.717) is 18.1 Å². The molecule has 21 heavy (non-hydrogen) atoms. The molecular weight excluding hydrogens is 314 g/mol. The number of hydrogen-bond acceptors (Lipinski definition) is 4. The van der Waals surface area contributed by atoms with Crippen LogP contribution in [0.4, 0.5) is 0 Å². The fourth-order valence-corrected chi connectivity index (χ4v) is 3.11. The molecule has 1 aliphatic rings. The SMILES string of the molecule is CCS(=O)CCNC(=O)c1cc(S(N)(=O)=O)cn1C1CC1. The zero-order chi connectivity index (χ0) is 15.6. The summed E-state index contributed by atoms with van der Waals surface area (Å²) in [4.78, 5) is 12.1. The Kier molecular flexibility index (Phi) is 4.84. The Morgan fingerprint density at radius 1 is 1.52 bits per heavy atom. The quantitative estimate of drug-likeness (QED) is 0.729. The topological polar surface area (TPSA) is 111 Å². The normalized spacial score (nSPS) is 16.7. The summed E-state index contributed by atoms with van der Waals surface area (Å²) in [6.45, 7) is 2.11. The molecule has 9 heteroatoms. The first-order chi connectivity index (χ1) is 9.82. The van der Waals surface area contributed by atoms with Gasteiger partial charge in [0.2, 0.25) is 10.0 Å². The molecule has 1 saturated carbocycles. The Bertz CT molecular complexity index is 662. The Morgan fingerprint density at radius 2 is 2.19 bits per heavy atom. The van der Waals surface area contributed by atoms with E-state index in [4.69, 9.17) is 5.14 Å². The van der Waals surface area contributed by atoms with Crippen LogP contribution in [0.1, 0.15) is 36.3 Å². The number of aromatic nitrogens is 1. The fraction of sp³-hybridized carbons (Fsp3) is 0.583. The molecule has 1 heterocycles. The molecule has 0 spiro atoms. The van der Waals surface area contributed by atoms with E-state index < -0.39 is 20.8 Å². The molecule has 0 saturated heterocycles. The number of nitrogens with zero attached hydrogens (tertiary/aromatic N) is 1. The average molecular weight is 333 g/mol. The zero-order valence-electron chi connectivity index (χ0n) is 11.7. The molecule has 1 fully saturated rings. The lowest BCUT2D eigenvalue weighted by Crippen LogP contribution is -2.29. The molecule has 1 atom stereocenters. The number of carbonyl (C=O) groups excluding carboxylic acids is 1. The number of sulfonamides is 1. The predicted molar refractivity (Wildman–Crippen MR) is 80.0 cm³/mol. The van der Waals surface area contributed by atoms with Crippen molar-refractivity contribution in [1.82, 2.24) is 9.88 Å². The number of primary sulfonamides is 1. The third kappa shape index (κ3) is 4.14. The van der Waals surface area contributed by atoms with Gasteiger partial charge in [0, 0.05) is 41.1 Å². The lowest BCUT2D eigenvalue weighted by Gasteiger charge is -2.08. The lowest BCUT2D eigenvalue weighted by atomic mass is 10.4. The van der Waals surface area contributed by atoms with E-state index in [1.165, 1.54) is 12.3 Å².